The van der Waals surface area contributed by atoms with Crippen molar-refractivity contribution < 1.29 is 8.42 Å². The lowest BCUT2D eigenvalue weighted by atomic mass is 10.1. The minimum atomic E-state index is -3.65. The number of anilines is 1. The third-order valence-corrected chi connectivity index (χ3v) is 4.41. The monoisotopic (exact) mass is 330 g/mol. The number of primary sulfonamides is 1. The molecule has 3 N–H and O–H groups in total. The van der Waals surface area contributed by atoms with Gasteiger partial charge in [-0.3, -0.25) is 0 Å². The SMILES string of the molecule is Cc1cc(NCCc2ccc(S(N)(=O)=O)cc2)nc(C)c1C#N. The third-order valence-electron chi connectivity index (χ3n) is 3.48. The maximum Gasteiger partial charge on any atom is 0.238 e. The van der Waals surface area contributed by atoms with E-state index in [2.05, 4.69) is 16.4 Å². The molecule has 6 nitrogen and oxygen atoms in total. The summed E-state index contributed by atoms with van der Waals surface area (Å²) in [6.07, 6.45) is 0.713. The van der Waals surface area contributed by atoms with E-state index < -0.39 is 10.0 Å². The number of rotatable bonds is 5. The standard InChI is InChI=1S/C16H18N4O2S/c1-11-9-16(20-12(2)15(11)10-17)19-8-7-13-3-5-14(6-4-13)23(18,21)22/h3-6,9H,7-8H2,1-2H3,(H,19,20)(H2,18,21,22). The molecule has 0 amide bonds. The fourth-order valence-corrected chi connectivity index (χ4v) is 2.79. The molecule has 2 aromatic rings. The van der Waals surface area contributed by atoms with Crippen LogP contribution in [0.5, 0.6) is 0 Å². The van der Waals surface area contributed by atoms with Crippen molar-refractivity contribution in [1.29, 1.82) is 5.26 Å². The molecule has 0 fully saturated rings. The first-order valence-electron chi connectivity index (χ1n) is 7.05. The van der Waals surface area contributed by atoms with Crippen LogP contribution >= 0.6 is 0 Å². The molecule has 0 radical (unpaired) electrons. The molecule has 1 aromatic carbocycles. The van der Waals surface area contributed by atoms with Crippen LogP contribution in [0, 0.1) is 25.2 Å². The molecule has 0 bridgehead atoms. The number of nitriles is 1. The Hall–Kier alpha value is -2.43. The molecule has 0 aliphatic heterocycles. The highest BCUT2D eigenvalue weighted by Crippen LogP contribution is 2.15. The Morgan fingerprint density at radius 3 is 2.43 bits per heavy atom. The van der Waals surface area contributed by atoms with Crippen molar-refractivity contribution in [3.05, 3.63) is 52.7 Å². The number of pyridine rings is 1. The predicted molar refractivity (Wildman–Crippen MR) is 88.4 cm³/mol. The van der Waals surface area contributed by atoms with Gasteiger partial charge in [-0.25, -0.2) is 18.5 Å². The average Bonchev–Trinajstić information content (AvgIpc) is 2.46. The Bertz CT molecular complexity index is 830. The molecule has 7 heteroatoms. The Labute approximate surface area is 136 Å². The summed E-state index contributed by atoms with van der Waals surface area (Å²) in [7, 11) is -3.65. The van der Waals surface area contributed by atoms with E-state index in [1.165, 1.54) is 12.1 Å². The van der Waals surface area contributed by atoms with Crippen molar-refractivity contribution in [3.8, 4) is 6.07 Å². The lowest BCUT2D eigenvalue weighted by molar-refractivity contribution is 0.598. The van der Waals surface area contributed by atoms with Gasteiger partial charge in [0, 0.05) is 6.54 Å². The van der Waals surface area contributed by atoms with Crippen molar-refractivity contribution in [3.63, 3.8) is 0 Å². The number of aryl methyl sites for hydroxylation is 2. The molecule has 0 aliphatic carbocycles. The highest BCUT2D eigenvalue weighted by molar-refractivity contribution is 7.89. The van der Waals surface area contributed by atoms with Crippen molar-refractivity contribution in [2.75, 3.05) is 11.9 Å². The molecule has 1 heterocycles. The first-order valence-corrected chi connectivity index (χ1v) is 8.60. The fourth-order valence-electron chi connectivity index (χ4n) is 2.27. The zero-order valence-corrected chi connectivity index (χ0v) is 13.8. The van der Waals surface area contributed by atoms with Gasteiger partial charge in [-0.1, -0.05) is 12.1 Å². The minimum Gasteiger partial charge on any atom is -0.370 e. The molecule has 0 spiro atoms. The summed E-state index contributed by atoms with van der Waals surface area (Å²) in [5, 5.41) is 17.3. The quantitative estimate of drug-likeness (QED) is 0.870. The number of hydrogen-bond donors (Lipinski definition) is 2. The summed E-state index contributed by atoms with van der Waals surface area (Å²) in [6.45, 7) is 4.33. The van der Waals surface area contributed by atoms with E-state index in [-0.39, 0.29) is 4.90 Å². The van der Waals surface area contributed by atoms with E-state index in [4.69, 9.17) is 10.4 Å². The van der Waals surface area contributed by atoms with E-state index in [1.54, 1.807) is 12.1 Å². The largest absolute Gasteiger partial charge is 0.370 e. The van der Waals surface area contributed by atoms with E-state index in [9.17, 15) is 8.42 Å². The van der Waals surface area contributed by atoms with E-state index in [0.717, 1.165) is 16.9 Å². The van der Waals surface area contributed by atoms with Gasteiger partial charge in [0.1, 0.15) is 11.9 Å². The summed E-state index contributed by atoms with van der Waals surface area (Å²) >= 11 is 0. The van der Waals surface area contributed by atoms with E-state index >= 15 is 0 Å². The molecule has 0 atom stereocenters. The van der Waals surface area contributed by atoms with Crippen LogP contribution in [-0.4, -0.2) is 19.9 Å². The van der Waals surface area contributed by atoms with Gasteiger partial charge in [0.25, 0.3) is 0 Å². The summed E-state index contributed by atoms with van der Waals surface area (Å²) in [5.74, 6) is 0.722. The lowest BCUT2D eigenvalue weighted by Crippen LogP contribution is -2.12. The van der Waals surface area contributed by atoms with Crippen LogP contribution in [0.15, 0.2) is 35.2 Å². The number of benzene rings is 1. The van der Waals surface area contributed by atoms with Crippen LogP contribution in [0.25, 0.3) is 0 Å². The smallest absolute Gasteiger partial charge is 0.238 e. The summed E-state index contributed by atoms with van der Waals surface area (Å²) in [5.41, 5.74) is 3.19. The van der Waals surface area contributed by atoms with Crippen LogP contribution in [0.2, 0.25) is 0 Å². The first kappa shape index (κ1) is 16.9. The molecule has 0 saturated heterocycles. The molecule has 2 rings (SSSR count). The second-order valence-corrected chi connectivity index (χ2v) is 6.82. The Morgan fingerprint density at radius 2 is 1.91 bits per heavy atom. The maximum absolute atomic E-state index is 11.2. The van der Waals surface area contributed by atoms with Crippen LogP contribution in [-0.2, 0) is 16.4 Å². The molecule has 120 valence electrons. The van der Waals surface area contributed by atoms with Gasteiger partial charge < -0.3 is 5.32 Å². The van der Waals surface area contributed by atoms with Crippen LogP contribution in [0.4, 0.5) is 5.82 Å². The van der Waals surface area contributed by atoms with E-state index in [1.807, 2.05) is 19.9 Å². The number of nitrogens with two attached hydrogens (primary N) is 1. The second-order valence-electron chi connectivity index (χ2n) is 5.26. The van der Waals surface area contributed by atoms with Crippen molar-refractivity contribution in [1.82, 2.24) is 4.98 Å². The first-order chi connectivity index (χ1) is 10.8. The fraction of sp³-hybridized carbons (Fsp3) is 0.250. The Balaban J connectivity index is 1.99. The molecular formula is C16H18N4O2S. The average molecular weight is 330 g/mol. The van der Waals surface area contributed by atoms with Gasteiger partial charge >= 0.3 is 0 Å². The molecule has 0 unspecified atom stereocenters. The van der Waals surface area contributed by atoms with Crippen LogP contribution in [0.3, 0.4) is 0 Å². The second kappa shape index (κ2) is 6.77. The number of sulfonamides is 1. The summed E-state index contributed by atoms with van der Waals surface area (Å²) in [6, 6.07) is 10.5. The summed E-state index contributed by atoms with van der Waals surface area (Å²) < 4.78 is 22.4. The van der Waals surface area contributed by atoms with Gasteiger partial charge in [0.05, 0.1) is 16.2 Å². The number of hydrogen-bond acceptors (Lipinski definition) is 5. The zero-order valence-electron chi connectivity index (χ0n) is 13.0. The van der Waals surface area contributed by atoms with Gasteiger partial charge in [-0.05, 0) is 49.6 Å². The highest BCUT2D eigenvalue weighted by Gasteiger charge is 2.07. The zero-order chi connectivity index (χ0) is 17.0. The van der Waals surface area contributed by atoms with Crippen molar-refractivity contribution in [2.45, 2.75) is 25.2 Å². The third kappa shape index (κ3) is 4.28. The van der Waals surface area contributed by atoms with Gasteiger partial charge in [-0.15, -0.1) is 0 Å². The van der Waals surface area contributed by atoms with Crippen molar-refractivity contribution in [2.24, 2.45) is 5.14 Å². The molecule has 0 aliphatic rings. The molecular weight excluding hydrogens is 312 g/mol. The normalized spacial score (nSPS) is 11.0. The topological polar surface area (TPSA) is 109 Å². The van der Waals surface area contributed by atoms with Crippen LogP contribution in [0.1, 0.15) is 22.4 Å². The lowest BCUT2D eigenvalue weighted by Gasteiger charge is -2.09. The van der Waals surface area contributed by atoms with E-state index in [0.29, 0.717) is 24.2 Å². The summed E-state index contributed by atoms with van der Waals surface area (Å²) in [4.78, 5) is 4.46. The number of nitrogens with zero attached hydrogens (tertiary/aromatic N) is 2. The van der Waals surface area contributed by atoms with Gasteiger partial charge in [0.15, 0.2) is 0 Å². The maximum atomic E-state index is 11.2. The Morgan fingerprint density at radius 1 is 1.26 bits per heavy atom. The number of aromatic nitrogens is 1. The van der Waals surface area contributed by atoms with Crippen LogP contribution < -0.4 is 10.5 Å². The minimum absolute atomic E-state index is 0.106. The number of nitrogens with one attached hydrogen (secondary N) is 1. The molecule has 1 aromatic heterocycles. The highest BCUT2D eigenvalue weighted by atomic mass is 32.2. The predicted octanol–water partition coefficient (Wildman–Crippen LogP) is 1.87. The molecule has 0 saturated carbocycles. The van der Waals surface area contributed by atoms with Crippen molar-refractivity contribution >= 4 is 15.8 Å². The Kier molecular flexibility index (Phi) is 4.98. The van der Waals surface area contributed by atoms with Gasteiger partial charge in [0.2, 0.25) is 10.0 Å². The molecule has 23 heavy (non-hydrogen) atoms. The van der Waals surface area contributed by atoms with Gasteiger partial charge in [-0.2, -0.15) is 5.26 Å².